The van der Waals surface area contributed by atoms with E-state index in [4.69, 9.17) is 5.73 Å². The fourth-order valence-electron chi connectivity index (χ4n) is 2.27. The summed E-state index contributed by atoms with van der Waals surface area (Å²) in [5.41, 5.74) is 5.81. The van der Waals surface area contributed by atoms with Crippen molar-refractivity contribution in [1.82, 2.24) is 10.6 Å². The van der Waals surface area contributed by atoms with E-state index in [0.29, 0.717) is 13.0 Å². The van der Waals surface area contributed by atoms with Crippen molar-refractivity contribution in [3.8, 4) is 0 Å². The van der Waals surface area contributed by atoms with Crippen LogP contribution in [0.4, 0.5) is 0 Å². The molecule has 1 unspecified atom stereocenters. The monoisotopic (exact) mass is 269 g/mol. The lowest BCUT2D eigenvalue weighted by Gasteiger charge is -2.25. The van der Waals surface area contributed by atoms with Crippen LogP contribution in [0.25, 0.3) is 0 Å². The molecule has 1 fully saturated rings. The molecule has 2 amide bonds. The molecule has 0 aromatic rings. The molecule has 1 aliphatic rings. The molecular weight excluding hydrogens is 242 g/mol. The Morgan fingerprint density at radius 2 is 1.89 bits per heavy atom. The molecule has 0 saturated heterocycles. The zero-order chi connectivity index (χ0) is 14.3. The van der Waals surface area contributed by atoms with Crippen LogP contribution in [0, 0.1) is 5.92 Å². The van der Waals surface area contributed by atoms with Crippen LogP contribution in [-0.4, -0.2) is 30.4 Å². The molecule has 4 N–H and O–H groups in total. The number of amides is 2. The van der Waals surface area contributed by atoms with Crippen LogP contribution in [0.3, 0.4) is 0 Å². The molecule has 1 rings (SSSR count). The Labute approximate surface area is 115 Å². The van der Waals surface area contributed by atoms with Crippen molar-refractivity contribution >= 4 is 11.8 Å². The summed E-state index contributed by atoms with van der Waals surface area (Å²) in [7, 11) is 0. The van der Waals surface area contributed by atoms with Crippen LogP contribution in [0.2, 0.25) is 0 Å². The number of carbonyl (C=O) groups is 2. The Hall–Kier alpha value is -1.10. The molecule has 0 spiro atoms. The van der Waals surface area contributed by atoms with Crippen molar-refractivity contribution < 1.29 is 9.59 Å². The average Bonchev–Trinajstić information content (AvgIpc) is 2.39. The molecule has 5 nitrogen and oxygen atoms in total. The molecular formula is C14H27N3O2. The van der Waals surface area contributed by atoms with E-state index in [9.17, 15) is 9.59 Å². The molecule has 0 aromatic carbocycles. The summed E-state index contributed by atoms with van der Waals surface area (Å²) in [6.07, 6.45) is 4.85. The molecule has 0 aliphatic heterocycles. The zero-order valence-electron chi connectivity index (χ0n) is 12.1. The number of rotatable bonds is 6. The minimum Gasteiger partial charge on any atom is -0.355 e. The van der Waals surface area contributed by atoms with E-state index in [1.807, 2.05) is 13.8 Å². The van der Waals surface area contributed by atoms with E-state index in [2.05, 4.69) is 10.6 Å². The minimum absolute atomic E-state index is 0.000293. The first-order valence-corrected chi connectivity index (χ1v) is 7.35. The van der Waals surface area contributed by atoms with Gasteiger partial charge in [0.1, 0.15) is 0 Å². The summed E-state index contributed by atoms with van der Waals surface area (Å²) in [6.45, 7) is 4.42. The largest absolute Gasteiger partial charge is 0.355 e. The second kappa shape index (κ2) is 8.15. The van der Waals surface area contributed by atoms with Gasteiger partial charge in [-0.25, -0.2) is 0 Å². The smallest absolute Gasteiger partial charge is 0.223 e. The number of carbonyl (C=O) groups excluding carboxylic acids is 2. The van der Waals surface area contributed by atoms with Gasteiger partial charge in [-0.1, -0.05) is 6.92 Å². The number of nitrogens with two attached hydrogens (primary N) is 1. The third-order valence-corrected chi connectivity index (χ3v) is 3.81. The summed E-state index contributed by atoms with van der Waals surface area (Å²) in [6, 6.07) is 0.452. The van der Waals surface area contributed by atoms with Crippen molar-refractivity contribution in [2.24, 2.45) is 11.7 Å². The number of nitrogens with one attached hydrogen (secondary N) is 2. The molecule has 0 bridgehead atoms. The first-order chi connectivity index (χ1) is 9.02. The van der Waals surface area contributed by atoms with Gasteiger partial charge in [-0.05, 0) is 39.0 Å². The highest BCUT2D eigenvalue weighted by Gasteiger charge is 2.24. The molecule has 1 saturated carbocycles. The van der Waals surface area contributed by atoms with Crippen LogP contribution >= 0.6 is 0 Å². The Bertz CT molecular complexity index is 299. The molecule has 5 heteroatoms. The average molecular weight is 269 g/mol. The van der Waals surface area contributed by atoms with E-state index in [0.717, 1.165) is 32.1 Å². The lowest BCUT2D eigenvalue weighted by Crippen LogP contribution is -2.39. The summed E-state index contributed by atoms with van der Waals surface area (Å²) in [5, 5.41) is 5.73. The molecule has 1 atom stereocenters. The lowest BCUT2D eigenvalue weighted by atomic mass is 9.86. The lowest BCUT2D eigenvalue weighted by molar-refractivity contribution is -0.126. The zero-order valence-corrected chi connectivity index (χ0v) is 12.1. The minimum atomic E-state index is 0.000293. The van der Waals surface area contributed by atoms with Crippen molar-refractivity contribution in [2.45, 2.75) is 64.5 Å². The fraction of sp³-hybridized carbons (Fsp3) is 0.857. The second-order valence-electron chi connectivity index (χ2n) is 5.53. The Kier molecular flexibility index (Phi) is 6.84. The van der Waals surface area contributed by atoms with Crippen molar-refractivity contribution in [1.29, 1.82) is 0 Å². The molecule has 1 aliphatic carbocycles. The van der Waals surface area contributed by atoms with Gasteiger partial charge in [0.2, 0.25) is 11.8 Å². The summed E-state index contributed by atoms with van der Waals surface area (Å²) in [4.78, 5) is 23.4. The molecule has 0 heterocycles. The SMILES string of the molecule is CCC(C)NC(=O)CCNC(=O)C1CCC(N)CC1. The van der Waals surface area contributed by atoms with Gasteiger partial charge >= 0.3 is 0 Å². The highest BCUT2D eigenvalue weighted by atomic mass is 16.2. The molecule has 19 heavy (non-hydrogen) atoms. The maximum atomic E-state index is 11.9. The van der Waals surface area contributed by atoms with E-state index < -0.39 is 0 Å². The van der Waals surface area contributed by atoms with Crippen molar-refractivity contribution in [3.05, 3.63) is 0 Å². The van der Waals surface area contributed by atoms with E-state index in [-0.39, 0.29) is 29.8 Å². The Balaban J connectivity index is 2.15. The summed E-state index contributed by atoms with van der Waals surface area (Å²) >= 11 is 0. The highest BCUT2D eigenvalue weighted by molar-refractivity contribution is 5.80. The van der Waals surface area contributed by atoms with Crippen LogP contribution < -0.4 is 16.4 Å². The van der Waals surface area contributed by atoms with Crippen LogP contribution in [0.15, 0.2) is 0 Å². The molecule has 0 radical (unpaired) electrons. The Morgan fingerprint density at radius 3 is 2.47 bits per heavy atom. The normalized spacial score (nSPS) is 24.6. The quantitative estimate of drug-likeness (QED) is 0.670. The van der Waals surface area contributed by atoms with Crippen molar-refractivity contribution in [2.75, 3.05) is 6.54 Å². The van der Waals surface area contributed by atoms with Gasteiger partial charge in [0.05, 0.1) is 0 Å². The number of hydrogen-bond donors (Lipinski definition) is 3. The maximum absolute atomic E-state index is 11.9. The van der Waals surface area contributed by atoms with Gasteiger partial charge in [0, 0.05) is 31.0 Å². The topological polar surface area (TPSA) is 84.2 Å². The fourth-order valence-corrected chi connectivity index (χ4v) is 2.27. The van der Waals surface area contributed by atoms with Crippen LogP contribution in [-0.2, 0) is 9.59 Å². The van der Waals surface area contributed by atoms with E-state index >= 15 is 0 Å². The third-order valence-electron chi connectivity index (χ3n) is 3.81. The number of hydrogen-bond acceptors (Lipinski definition) is 3. The first-order valence-electron chi connectivity index (χ1n) is 7.35. The van der Waals surface area contributed by atoms with Gasteiger partial charge in [-0.2, -0.15) is 0 Å². The van der Waals surface area contributed by atoms with Gasteiger partial charge < -0.3 is 16.4 Å². The van der Waals surface area contributed by atoms with Gasteiger partial charge in [0.25, 0.3) is 0 Å². The van der Waals surface area contributed by atoms with Gasteiger partial charge in [-0.3, -0.25) is 9.59 Å². The van der Waals surface area contributed by atoms with Crippen LogP contribution in [0.1, 0.15) is 52.4 Å². The van der Waals surface area contributed by atoms with Crippen molar-refractivity contribution in [3.63, 3.8) is 0 Å². The van der Waals surface area contributed by atoms with E-state index in [1.54, 1.807) is 0 Å². The maximum Gasteiger partial charge on any atom is 0.223 e. The summed E-state index contributed by atoms with van der Waals surface area (Å²) in [5.74, 6) is 0.154. The molecule has 0 aromatic heterocycles. The van der Waals surface area contributed by atoms with Crippen LogP contribution in [0.5, 0.6) is 0 Å². The highest BCUT2D eigenvalue weighted by Crippen LogP contribution is 2.22. The van der Waals surface area contributed by atoms with E-state index in [1.165, 1.54) is 0 Å². The standard InChI is InChI=1S/C14H27N3O2/c1-3-10(2)17-13(18)8-9-16-14(19)11-4-6-12(15)7-5-11/h10-12H,3-9,15H2,1-2H3,(H,16,19)(H,17,18). The molecule has 110 valence electrons. The Morgan fingerprint density at radius 1 is 1.26 bits per heavy atom. The van der Waals surface area contributed by atoms with Gasteiger partial charge in [0.15, 0.2) is 0 Å². The first kappa shape index (κ1) is 16.0. The third kappa shape index (κ3) is 6.05. The summed E-state index contributed by atoms with van der Waals surface area (Å²) < 4.78 is 0. The van der Waals surface area contributed by atoms with Gasteiger partial charge in [-0.15, -0.1) is 0 Å². The predicted molar refractivity (Wildman–Crippen MR) is 75.5 cm³/mol. The second-order valence-corrected chi connectivity index (χ2v) is 5.53. The predicted octanol–water partition coefficient (Wildman–Crippen LogP) is 0.925.